The molecule has 0 radical (unpaired) electrons. The minimum atomic E-state index is -0.485. The Morgan fingerprint density at radius 2 is 1.89 bits per heavy atom. The largest absolute Gasteiger partial charge is 0.489 e. The Morgan fingerprint density at radius 1 is 1.09 bits per heavy atom. The summed E-state index contributed by atoms with van der Waals surface area (Å²) in [5, 5.41) is 11.3. The van der Waals surface area contributed by atoms with Crippen LogP contribution in [0.25, 0.3) is 0 Å². The number of allylic oxidation sites excluding steroid dienone is 1. The molecule has 176 valence electrons. The third-order valence-corrected chi connectivity index (χ3v) is 6.33. The lowest BCUT2D eigenvalue weighted by Crippen LogP contribution is -2.31. The summed E-state index contributed by atoms with van der Waals surface area (Å²) in [6.45, 7) is 4.16. The van der Waals surface area contributed by atoms with Crippen molar-refractivity contribution >= 4 is 29.1 Å². The van der Waals surface area contributed by atoms with Gasteiger partial charge in [-0.3, -0.25) is 4.79 Å². The van der Waals surface area contributed by atoms with E-state index in [4.69, 9.17) is 16.3 Å². The number of rotatable bonds is 6. The number of anilines is 2. The fourth-order valence-electron chi connectivity index (χ4n) is 4.15. The van der Waals surface area contributed by atoms with Crippen LogP contribution in [-0.4, -0.2) is 20.7 Å². The average molecular weight is 486 g/mol. The third kappa shape index (κ3) is 4.63. The molecule has 8 heteroatoms. The molecule has 1 aromatic heterocycles. The molecule has 0 bridgehead atoms. The Labute approximate surface area is 208 Å². The number of para-hydroxylation sites is 1. The van der Waals surface area contributed by atoms with Crippen molar-refractivity contribution in [2.24, 2.45) is 0 Å². The predicted molar refractivity (Wildman–Crippen MR) is 137 cm³/mol. The third-order valence-electron chi connectivity index (χ3n) is 5.96. The van der Waals surface area contributed by atoms with Gasteiger partial charge in [0, 0.05) is 22.0 Å². The van der Waals surface area contributed by atoms with Gasteiger partial charge in [-0.1, -0.05) is 60.1 Å². The second kappa shape index (κ2) is 9.64. The van der Waals surface area contributed by atoms with E-state index in [0.29, 0.717) is 34.6 Å². The van der Waals surface area contributed by atoms with Crippen LogP contribution in [0.4, 0.5) is 11.6 Å². The fraction of sp³-hybridized carbons (Fsp3) is 0.148. The van der Waals surface area contributed by atoms with Gasteiger partial charge in [-0.25, -0.2) is 4.68 Å². The number of benzene rings is 3. The summed E-state index contributed by atoms with van der Waals surface area (Å²) >= 11 is 6.28. The van der Waals surface area contributed by atoms with Crippen LogP contribution in [0.1, 0.15) is 29.7 Å². The van der Waals surface area contributed by atoms with Crippen LogP contribution in [-0.2, 0) is 11.4 Å². The molecule has 1 atom stereocenters. The lowest BCUT2D eigenvalue weighted by atomic mass is 9.94. The van der Waals surface area contributed by atoms with Gasteiger partial charge < -0.3 is 15.4 Å². The number of carbonyl (C=O) groups is 1. The van der Waals surface area contributed by atoms with Crippen LogP contribution in [0.2, 0.25) is 5.02 Å². The van der Waals surface area contributed by atoms with E-state index in [1.54, 1.807) is 4.68 Å². The number of hydrogen-bond donors (Lipinski definition) is 2. The van der Waals surface area contributed by atoms with Crippen LogP contribution in [0.5, 0.6) is 5.75 Å². The number of aromatic nitrogens is 3. The van der Waals surface area contributed by atoms with E-state index in [2.05, 4.69) is 20.7 Å². The smallest absolute Gasteiger partial charge is 0.255 e. The Bertz CT molecular complexity index is 1430. The number of carbonyl (C=O) groups excluding carboxylic acids is 1. The molecule has 2 N–H and O–H groups in total. The maximum Gasteiger partial charge on any atom is 0.255 e. The van der Waals surface area contributed by atoms with Gasteiger partial charge in [0.05, 0.1) is 5.57 Å². The van der Waals surface area contributed by atoms with Gasteiger partial charge in [0.2, 0.25) is 5.95 Å². The SMILES string of the molecule is CC1=C(C(=O)Nc2ccccc2C)[C@H](c2cccc(OCc3ccccc3Cl)c2)n2ncnc2N1. The summed E-state index contributed by atoms with van der Waals surface area (Å²) in [5.41, 5.74) is 4.75. The summed E-state index contributed by atoms with van der Waals surface area (Å²) in [4.78, 5) is 17.9. The lowest BCUT2D eigenvalue weighted by molar-refractivity contribution is -0.113. The molecule has 0 unspecified atom stereocenters. The van der Waals surface area contributed by atoms with E-state index in [1.807, 2.05) is 86.6 Å². The average Bonchev–Trinajstić information content (AvgIpc) is 3.32. The minimum absolute atomic E-state index is 0.210. The minimum Gasteiger partial charge on any atom is -0.489 e. The molecule has 35 heavy (non-hydrogen) atoms. The zero-order chi connectivity index (χ0) is 24.4. The van der Waals surface area contributed by atoms with Gasteiger partial charge in [-0.2, -0.15) is 10.1 Å². The maximum absolute atomic E-state index is 13.6. The molecule has 0 spiro atoms. The number of fused-ring (bicyclic) bond motifs is 1. The number of aryl methyl sites for hydroxylation is 1. The zero-order valence-electron chi connectivity index (χ0n) is 19.3. The molecule has 3 aromatic carbocycles. The molecular weight excluding hydrogens is 462 g/mol. The van der Waals surface area contributed by atoms with Crippen LogP contribution >= 0.6 is 11.6 Å². The Morgan fingerprint density at radius 3 is 2.71 bits per heavy atom. The van der Waals surface area contributed by atoms with Gasteiger partial charge in [0.25, 0.3) is 5.91 Å². The molecule has 1 amide bonds. The van der Waals surface area contributed by atoms with Crippen molar-refractivity contribution in [1.82, 2.24) is 14.8 Å². The summed E-state index contributed by atoms with van der Waals surface area (Å²) in [5.74, 6) is 1.03. The van der Waals surface area contributed by atoms with Crippen molar-refractivity contribution in [1.29, 1.82) is 0 Å². The first kappa shape index (κ1) is 22.7. The number of halogens is 1. The van der Waals surface area contributed by atoms with E-state index < -0.39 is 6.04 Å². The predicted octanol–water partition coefficient (Wildman–Crippen LogP) is 5.75. The number of hydrogen-bond acceptors (Lipinski definition) is 5. The van der Waals surface area contributed by atoms with Crippen molar-refractivity contribution < 1.29 is 9.53 Å². The zero-order valence-corrected chi connectivity index (χ0v) is 20.1. The molecule has 1 aliphatic rings. The van der Waals surface area contributed by atoms with Crippen molar-refractivity contribution in [3.8, 4) is 5.75 Å². The molecule has 4 aromatic rings. The molecule has 1 aliphatic heterocycles. The summed E-state index contributed by atoms with van der Waals surface area (Å²) in [6.07, 6.45) is 1.47. The maximum atomic E-state index is 13.6. The first-order chi connectivity index (χ1) is 17.0. The quantitative estimate of drug-likeness (QED) is 0.363. The lowest BCUT2D eigenvalue weighted by Gasteiger charge is -2.29. The number of amides is 1. The Balaban J connectivity index is 1.48. The van der Waals surface area contributed by atoms with Gasteiger partial charge in [-0.15, -0.1) is 0 Å². The number of ether oxygens (including phenoxy) is 1. The Kier molecular flexibility index (Phi) is 6.25. The van der Waals surface area contributed by atoms with Gasteiger partial charge in [0.1, 0.15) is 24.7 Å². The molecule has 5 rings (SSSR count). The second-order valence-corrected chi connectivity index (χ2v) is 8.72. The highest BCUT2D eigenvalue weighted by Gasteiger charge is 2.33. The topological polar surface area (TPSA) is 81.1 Å². The molecule has 0 aliphatic carbocycles. The highest BCUT2D eigenvalue weighted by atomic mass is 35.5. The number of nitrogens with zero attached hydrogens (tertiary/aromatic N) is 3. The highest BCUT2D eigenvalue weighted by Crippen LogP contribution is 2.36. The van der Waals surface area contributed by atoms with Crippen molar-refractivity contribution in [3.05, 3.63) is 112 Å². The van der Waals surface area contributed by atoms with Gasteiger partial charge in [0.15, 0.2) is 0 Å². The van der Waals surface area contributed by atoms with Crippen molar-refractivity contribution in [2.75, 3.05) is 10.6 Å². The normalized spacial score (nSPS) is 14.8. The number of nitrogens with one attached hydrogen (secondary N) is 2. The van der Waals surface area contributed by atoms with Crippen LogP contribution < -0.4 is 15.4 Å². The van der Waals surface area contributed by atoms with Crippen LogP contribution in [0, 0.1) is 6.92 Å². The van der Waals surface area contributed by atoms with Gasteiger partial charge in [-0.05, 0) is 49.2 Å². The molecule has 0 saturated heterocycles. The van der Waals surface area contributed by atoms with Crippen LogP contribution in [0.3, 0.4) is 0 Å². The first-order valence-corrected chi connectivity index (χ1v) is 11.6. The van der Waals surface area contributed by atoms with Crippen molar-refractivity contribution in [3.63, 3.8) is 0 Å². The molecule has 0 fully saturated rings. The Hall–Kier alpha value is -4.10. The standard InChI is InChI=1S/C27H24ClN5O2/c1-17-8-3-6-13-23(17)32-26(34)24-18(2)31-27-29-16-30-33(27)25(24)19-10-7-11-21(14-19)35-15-20-9-4-5-12-22(20)28/h3-14,16,25H,15H2,1-2H3,(H,32,34)(H,29,30,31)/t25-/m0/s1. The summed E-state index contributed by atoms with van der Waals surface area (Å²) in [6, 6.07) is 22.5. The second-order valence-electron chi connectivity index (χ2n) is 8.32. The van der Waals surface area contributed by atoms with E-state index in [1.165, 1.54) is 6.33 Å². The van der Waals surface area contributed by atoms with E-state index >= 15 is 0 Å². The summed E-state index contributed by atoms with van der Waals surface area (Å²) < 4.78 is 7.76. The molecule has 0 saturated carbocycles. The molecule has 2 heterocycles. The monoisotopic (exact) mass is 485 g/mol. The molecular formula is C27H24ClN5O2. The van der Waals surface area contributed by atoms with E-state index in [0.717, 1.165) is 22.4 Å². The van der Waals surface area contributed by atoms with E-state index in [-0.39, 0.29) is 5.91 Å². The van der Waals surface area contributed by atoms with Crippen LogP contribution in [0.15, 0.2) is 90.4 Å². The first-order valence-electron chi connectivity index (χ1n) is 11.2. The highest BCUT2D eigenvalue weighted by molar-refractivity contribution is 6.31. The van der Waals surface area contributed by atoms with E-state index in [9.17, 15) is 4.79 Å². The fourth-order valence-corrected chi connectivity index (χ4v) is 4.34. The molecule has 7 nitrogen and oxygen atoms in total. The summed E-state index contributed by atoms with van der Waals surface area (Å²) in [7, 11) is 0. The van der Waals surface area contributed by atoms with Crippen molar-refractivity contribution in [2.45, 2.75) is 26.5 Å². The van der Waals surface area contributed by atoms with Gasteiger partial charge >= 0.3 is 0 Å².